The van der Waals surface area contributed by atoms with Crippen LogP contribution in [-0.4, -0.2) is 11.5 Å². The summed E-state index contributed by atoms with van der Waals surface area (Å²) in [5.41, 5.74) is 0. The number of thiazole rings is 1. The Labute approximate surface area is 111 Å². The molecule has 1 N–H and O–H groups in total. The molecule has 0 aliphatic heterocycles. The second-order valence-electron chi connectivity index (χ2n) is 4.47. The number of anilines is 1. The van der Waals surface area contributed by atoms with Gasteiger partial charge in [0.25, 0.3) is 0 Å². The lowest BCUT2D eigenvalue weighted by Gasteiger charge is -2.08. The third-order valence-corrected chi connectivity index (χ3v) is 4.53. The molecular formula is C12H16ClN3S. The summed E-state index contributed by atoms with van der Waals surface area (Å²) in [5.74, 6) is 0.936. The van der Waals surface area contributed by atoms with Crippen LogP contribution in [0.3, 0.4) is 0 Å². The number of halogens is 1. The molecule has 1 aromatic heterocycles. The van der Waals surface area contributed by atoms with Crippen molar-refractivity contribution in [2.75, 3.05) is 11.9 Å². The molecule has 5 heteroatoms. The Bertz CT molecular complexity index is 404. The number of hydrogen-bond donors (Lipinski definition) is 1. The van der Waals surface area contributed by atoms with Gasteiger partial charge in [-0.25, -0.2) is 4.98 Å². The van der Waals surface area contributed by atoms with Gasteiger partial charge in [-0.15, -0.1) is 0 Å². The Morgan fingerprint density at radius 2 is 2.24 bits per heavy atom. The summed E-state index contributed by atoms with van der Waals surface area (Å²) in [6.07, 6.45) is 8.10. The van der Waals surface area contributed by atoms with Crippen LogP contribution < -0.4 is 5.32 Å². The predicted octanol–water partition coefficient (Wildman–Crippen LogP) is 4.05. The van der Waals surface area contributed by atoms with Crippen molar-refractivity contribution in [2.24, 2.45) is 5.92 Å². The second-order valence-corrected chi connectivity index (χ2v) is 5.83. The smallest absolute Gasteiger partial charge is 0.185 e. The Balaban J connectivity index is 1.69. The minimum Gasteiger partial charge on any atom is -0.361 e. The zero-order valence-electron chi connectivity index (χ0n) is 9.71. The van der Waals surface area contributed by atoms with Gasteiger partial charge in [0.05, 0.1) is 0 Å². The number of nitriles is 1. The van der Waals surface area contributed by atoms with Crippen LogP contribution in [-0.2, 0) is 0 Å². The molecule has 1 heterocycles. The molecule has 0 unspecified atom stereocenters. The number of hydrogen-bond acceptors (Lipinski definition) is 4. The molecule has 1 saturated carbocycles. The van der Waals surface area contributed by atoms with Gasteiger partial charge >= 0.3 is 0 Å². The minimum atomic E-state index is 0.316. The molecular weight excluding hydrogens is 254 g/mol. The van der Waals surface area contributed by atoms with E-state index in [1.807, 2.05) is 6.07 Å². The van der Waals surface area contributed by atoms with E-state index in [9.17, 15) is 0 Å². The van der Waals surface area contributed by atoms with E-state index in [1.165, 1.54) is 49.9 Å². The number of nitrogens with one attached hydrogen (secondary N) is 1. The van der Waals surface area contributed by atoms with E-state index < -0.39 is 0 Å². The maximum atomic E-state index is 8.76. The van der Waals surface area contributed by atoms with Gasteiger partial charge < -0.3 is 5.32 Å². The summed E-state index contributed by atoms with van der Waals surface area (Å²) in [7, 11) is 0. The van der Waals surface area contributed by atoms with Crippen LogP contribution in [0.25, 0.3) is 0 Å². The zero-order valence-corrected chi connectivity index (χ0v) is 11.3. The van der Waals surface area contributed by atoms with E-state index >= 15 is 0 Å². The number of rotatable bonds is 5. The maximum absolute atomic E-state index is 8.76. The fourth-order valence-electron chi connectivity index (χ4n) is 2.33. The molecule has 0 aromatic carbocycles. The average Bonchev–Trinajstić information content (AvgIpc) is 2.94. The fraction of sp³-hybridized carbons (Fsp3) is 0.667. The normalized spacial score (nSPS) is 16.0. The number of aromatic nitrogens is 1. The van der Waals surface area contributed by atoms with Gasteiger partial charge in [0, 0.05) is 6.54 Å². The van der Waals surface area contributed by atoms with Crippen LogP contribution in [0.4, 0.5) is 5.13 Å². The van der Waals surface area contributed by atoms with Gasteiger partial charge in [0.1, 0.15) is 10.9 Å². The molecule has 0 radical (unpaired) electrons. The lowest BCUT2D eigenvalue weighted by atomic mass is 10.0. The molecule has 2 rings (SSSR count). The van der Waals surface area contributed by atoms with Crippen molar-refractivity contribution in [2.45, 2.75) is 38.5 Å². The van der Waals surface area contributed by atoms with E-state index in [0.29, 0.717) is 10.0 Å². The topological polar surface area (TPSA) is 48.7 Å². The molecule has 92 valence electrons. The Morgan fingerprint density at radius 1 is 1.47 bits per heavy atom. The minimum absolute atomic E-state index is 0.316. The van der Waals surface area contributed by atoms with Crippen LogP contribution >= 0.6 is 22.9 Å². The largest absolute Gasteiger partial charge is 0.361 e. The van der Waals surface area contributed by atoms with Gasteiger partial charge in [0.2, 0.25) is 0 Å². The number of nitrogens with zero attached hydrogens (tertiary/aromatic N) is 2. The molecule has 0 saturated heterocycles. The average molecular weight is 270 g/mol. The first kappa shape index (κ1) is 12.7. The van der Waals surface area contributed by atoms with Gasteiger partial charge in [-0.05, 0) is 18.8 Å². The standard InChI is InChI=1S/C12H16ClN3S/c13-11-10(8-14)17-12(16-11)15-7-3-6-9-4-1-2-5-9/h9H,1-7H2,(H,15,16). The highest BCUT2D eigenvalue weighted by molar-refractivity contribution is 7.16. The van der Waals surface area contributed by atoms with Crippen molar-refractivity contribution in [3.8, 4) is 6.07 Å². The first-order valence-electron chi connectivity index (χ1n) is 6.10. The lowest BCUT2D eigenvalue weighted by Crippen LogP contribution is -2.03. The summed E-state index contributed by atoms with van der Waals surface area (Å²) >= 11 is 7.13. The van der Waals surface area contributed by atoms with Crippen molar-refractivity contribution in [1.82, 2.24) is 4.98 Å². The van der Waals surface area contributed by atoms with Gasteiger partial charge in [-0.2, -0.15) is 5.26 Å². The van der Waals surface area contributed by atoms with Gasteiger partial charge in [-0.3, -0.25) is 0 Å². The Kier molecular flexibility index (Phi) is 4.64. The quantitative estimate of drug-likeness (QED) is 0.821. The Morgan fingerprint density at radius 3 is 2.88 bits per heavy atom. The third kappa shape index (κ3) is 3.58. The highest BCUT2D eigenvalue weighted by Crippen LogP contribution is 2.29. The third-order valence-electron chi connectivity index (χ3n) is 3.23. The van der Waals surface area contributed by atoms with Crippen LogP contribution in [0.5, 0.6) is 0 Å². The summed E-state index contributed by atoms with van der Waals surface area (Å²) in [6, 6.07) is 2.03. The first-order chi connectivity index (χ1) is 8.29. The van der Waals surface area contributed by atoms with E-state index in [2.05, 4.69) is 10.3 Å². The van der Waals surface area contributed by atoms with Crippen LogP contribution in [0.15, 0.2) is 0 Å². The zero-order chi connectivity index (χ0) is 12.1. The molecule has 17 heavy (non-hydrogen) atoms. The second kappa shape index (κ2) is 6.23. The van der Waals surface area contributed by atoms with Crippen molar-refractivity contribution in [3.63, 3.8) is 0 Å². The SMILES string of the molecule is N#Cc1sc(NCCCC2CCCC2)nc1Cl. The monoisotopic (exact) mass is 269 g/mol. The lowest BCUT2D eigenvalue weighted by molar-refractivity contribution is 0.491. The van der Waals surface area contributed by atoms with E-state index in [4.69, 9.17) is 16.9 Å². The molecule has 1 aromatic rings. The van der Waals surface area contributed by atoms with Crippen LogP contribution in [0.1, 0.15) is 43.4 Å². The van der Waals surface area contributed by atoms with Gasteiger partial charge in [-0.1, -0.05) is 48.6 Å². The highest BCUT2D eigenvalue weighted by Gasteiger charge is 2.14. The molecule has 0 atom stereocenters. The van der Waals surface area contributed by atoms with Crippen molar-refractivity contribution in [1.29, 1.82) is 5.26 Å². The molecule has 1 aliphatic rings. The summed E-state index contributed by atoms with van der Waals surface area (Å²) in [4.78, 5) is 4.59. The summed E-state index contributed by atoms with van der Waals surface area (Å²) in [5, 5.41) is 13.1. The van der Waals surface area contributed by atoms with Crippen LogP contribution in [0, 0.1) is 17.2 Å². The highest BCUT2D eigenvalue weighted by atomic mass is 35.5. The maximum Gasteiger partial charge on any atom is 0.185 e. The Hall–Kier alpha value is -0.790. The van der Waals surface area contributed by atoms with Crippen LogP contribution in [0.2, 0.25) is 5.15 Å². The van der Waals surface area contributed by atoms with Gasteiger partial charge in [0.15, 0.2) is 10.3 Å². The van der Waals surface area contributed by atoms with E-state index in [0.717, 1.165) is 17.6 Å². The first-order valence-corrected chi connectivity index (χ1v) is 7.29. The summed E-state index contributed by atoms with van der Waals surface area (Å²) in [6.45, 7) is 0.922. The molecule has 0 amide bonds. The summed E-state index contributed by atoms with van der Waals surface area (Å²) < 4.78 is 0. The molecule has 0 spiro atoms. The van der Waals surface area contributed by atoms with E-state index in [1.54, 1.807) is 0 Å². The molecule has 3 nitrogen and oxygen atoms in total. The molecule has 0 bridgehead atoms. The van der Waals surface area contributed by atoms with Crippen molar-refractivity contribution < 1.29 is 0 Å². The fourth-order valence-corrected chi connectivity index (χ4v) is 3.30. The van der Waals surface area contributed by atoms with E-state index in [-0.39, 0.29) is 0 Å². The predicted molar refractivity (Wildman–Crippen MR) is 71.5 cm³/mol. The molecule has 1 fully saturated rings. The molecule has 1 aliphatic carbocycles. The van der Waals surface area contributed by atoms with Crippen molar-refractivity contribution >= 4 is 28.1 Å². The van der Waals surface area contributed by atoms with Crippen molar-refractivity contribution in [3.05, 3.63) is 10.0 Å².